The summed E-state index contributed by atoms with van der Waals surface area (Å²) in [5.41, 5.74) is 0. The molecule has 0 spiro atoms. The molecule has 0 N–H and O–H groups in total. The Morgan fingerprint density at radius 2 is 2.42 bits per heavy atom. The van der Waals surface area contributed by atoms with Crippen LogP contribution in [0.4, 0.5) is 0 Å². The second-order valence-electron chi connectivity index (χ2n) is 3.57. The molecule has 2 bridgehead atoms. The monoisotopic (exact) mass is 163 g/mol. The largest absolute Gasteiger partial charge is 0.367 e. The maximum Gasteiger partial charge on any atom is 0.0794 e. The van der Waals surface area contributed by atoms with Crippen LogP contribution in [0.3, 0.4) is 0 Å². The molecule has 0 aliphatic carbocycles. The number of ether oxygens (including phenoxy) is 1. The normalized spacial score (nSPS) is 37.1. The van der Waals surface area contributed by atoms with E-state index in [0.717, 1.165) is 12.8 Å². The number of hydrogen-bond acceptors (Lipinski definition) is 2. The van der Waals surface area contributed by atoms with Crippen molar-refractivity contribution in [3.8, 4) is 6.07 Å². The van der Waals surface area contributed by atoms with Gasteiger partial charge < -0.3 is 4.74 Å². The fourth-order valence-corrected chi connectivity index (χ4v) is 2.09. The Labute approximate surface area is 72.8 Å². The highest BCUT2D eigenvalue weighted by Crippen LogP contribution is 2.36. The molecule has 3 atom stereocenters. The van der Waals surface area contributed by atoms with Crippen molar-refractivity contribution in [2.45, 2.75) is 37.9 Å². The predicted octanol–water partition coefficient (Wildman–Crippen LogP) is 2.02. The van der Waals surface area contributed by atoms with Crippen molar-refractivity contribution in [1.29, 1.82) is 5.26 Å². The van der Waals surface area contributed by atoms with Crippen LogP contribution in [0.5, 0.6) is 0 Å². The first kappa shape index (κ1) is 7.82. The van der Waals surface area contributed by atoms with Gasteiger partial charge in [-0.1, -0.05) is 12.2 Å². The zero-order valence-electron chi connectivity index (χ0n) is 7.07. The van der Waals surface area contributed by atoms with Crippen LogP contribution in [-0.2, 0) is 4.74 Å². The zero-order chi connectivity index (χ0) is 8.39. The van der Waals surface area contributed by atoms with E-state index in [-0.39, 0.29) is 0 Å². The second kappa shape index (κ2) is 3.28. The average molecular weight is 163 g/mol. The van der Waals surface area contributed by atoms with Crippen LogP contribution in [0.15, 0.2) is 12.2 Å². The fourth-order valence-electron chi connectivity index (χ4n) is 2.09. The first-order valence-electron chi connectivity index (χ1n) is 4.61. The molecule has 2 aliphatic rings. The highest BCUT2D eigenvalue weighted by Gasteiger charge is 2.35. The molecular weight excluding hydrogens is 150 g/mol. The highest BCUT2D eigenvalue weighted by atomic mass is 16.5. The molecule has 2 aliphatic heterocycles. The molecule has 3 unspecified atom stereocenters. The van der Waals surface area contributed by atoms with Gasteiger partial charge in [-0.2, -0.15) is 5.26 Å². The minimum absolute atomic E-state index is 0.369. The predicted molar refractivity (Wildman–Crippen MR) is 45.4 cm³/mol. The molecule has 12 heavy (non-hydrogen) atoms. The Kier molecular flexibility index (Phi) is 2.14. The van der Waals surface area contributed by atoms with Gasteiger partial charge in [-0.05, 0) is 25.2 Å². The number of fused-ring (bicyclic) bond motifs is 2. The van der Waals surface area contributed by atoms with Crippen LogP contribution in [0.2, 0.25) is 0 Å². The summed E-state index contributed by atoms with van der Waals surface area (Å²) in [4.78, 5) is 0. The minimum Gasteiger partial charge on any atom is -0.367 e. The lowest BCUT2D eigenvalue weighted by molar-refractivity contribution is 0.107. The molecule has 1 saturated heterocycles. The number of nitriles is 1. The van der Waals surface area contributed by atoms with Gasteiger partial charge >= 0.3 is 0 Å². The SMILES string of the molecule is N#CCCCC1CC2C=CC1O2. The van der Waals surface area contributed by atoms with Gasteiger partial charge in [-0.15, -0.1) is 0 Å². The van der Waals surface area contributed by atoms with Gasteiger partial charge in [0.2, 0.25) is 0 Å². The summed E-state index contributed by atoms with van der Waals surface area (Å²) in [7, 11) is 0. The van der Waals surface area contributed by atoms with E-state index in [1.54, 1.807) is 0 Å². The average Bonchev–Trinajstić information content (AvgIpc) is 2.65. The van der Waals surface area contributed by atoms with Crippen molar-refractivity contribution >= 4 is 0 Å². The van der Waals surface area contributed by atoms with E-state index in [4.69, 9.17) is 10.00 Å². The van der Waals surface area contributed by atoms with Gasteiger partial charge in [0, 0.05) is 6.42 Å². The summed E-state index contributed by atoms with van der Waals surface area (Å²) in [5, 5.41) is 8.38. The molecule has 0 amide bonds. The first-order chi connectivity index (χ1) is 5.90. The molecule has 64 valence electrons. The van der Waals surface area contributed by atoms with Crippen molar-refractivity contribution in [2.24, 2.45) is 5.92 Å². The fraction of sp³-hybridized carbons (Fsp3) is 0.700. The molecule has 0 aromatic heterocycles. The number of unbranched alkanes of at least 4 members (excludes halogenated alkanes) is 1. The Hall–Kier alpha value is -0.810. The zero-order valence-corrected chi connectivity index (χ0v) is 7.07. The van der Waals surface area contributed by atoms with E-state index in [2.05, 4.69) is 18.2 Å². The maximum atomic E-state index is 8.38. The molecule has 0 radical (unpaired) electrons. The number of nitrogens with zero attached hydrogens (tertiary/aromatic N) is 1. The Balaban J connectivity index is 1.77. The molecule has 2 nitrogen and oxygen atoms in total. The Bertz CT molecular complexity index is 228. The van der Waals surface area contributed by atoms with Gasteiger partial charge in [0.15, 0.2) is 0 Å². The van der Waals surface area contributed by atoms with Crippen molar-refractivity contribution in [2.75, 3.05) is 0 Å². The van der Waals surface area contributed by atoms with E-state index in [1.807, 2.05) is 0 Å². The van der Waals surface area contributed by atoms with E-state index in [0.29, 0.717) is 24.5 Å². The molecule has 2 heterocycles. The van der Waals surface area contributed by atoms with Crippen LogP contribution in [0.1, 0.15) is 25.7 Å². The number of hydrogen-bond donors (Lipinski definition) is 0. The second-order valence-corrected chi connectivity index (χ2v) is 3.57. The Morgan fingerprint density at radius 3 is 3.00 bits per heavy atom. The molecule has 0 saturated carbocycles. The smallest absolute Gasteiger partial charge is 0.0794 e. The van der Waals surface area contributed by atoms with E-state index < -0.39 is 0 Å². The topological polar surface area (TPSA) is 33.0 Å². The summed E-state index contributed by atoms with van der Waals surface area (Å²) in [6, 6.07) is 2.18. The molecule has 0 aromatic rings. The lowest BCUT2D eigenvalue weighted by atomic mass is 9.90. The van der Waals surface area contributed by atoms with Crippen LogP contribution >= 0.6 is 0 Å². The summed E-state index contributed by atoms with van der Waals surface area (Å²) < 4.78 is 5.62. The van der Waals surface area contributed by atoms with Gasteiger partial charge in [0.25, 0.3) is 0 Å². The third kappa shape index (κ3) is 1.37. The van der Waals surface area contributed by atoms with Crippen LogP contribution in [0, 0.1) is 17.2 Å². The van der Waals surface area contributed by atoms with Gasteiger partial charge in [-0.25, -0.2) is 0 Å². The molecular formula is C10H13NO. The summed E-state index contributed by atoms with van der Waals surface area (Å²) in [6.45, 7) is 0. The van der Waals surface area contributed by atoms with Gasteiger partial charge in [0.05, 0.1) is 18.3 Å². The van der Waals surface area contributed by atoms with Gasteiger partial charge in [-0.3, -0.25) is 0 Å². The highest BCUT2D eigenvalue weighted by molar-refractivity contribution is 5.10. The van der Waals surface area contributed by atoms with E-state index in [9.17, 15) is 0 Å². The third-order valence-corrected chi connectivity index (χ3v) is 2.71. The number of rotatable bonds is 3. The quantitative estimate of drug-likeness (QED) is 0.471. The maximum absolute atomic E-state index is 8.38. The van der Waals surface area contributed by atoms with E-state index in [1.165, 1.54) is 6.42 Å². The van der Waals surface area contributed by atoms with Crippen molar-refractivity contribution in [3.63, 3.8) is 0 Å². The minimum atomic E-state index is 0.369. The summed E-state index contributed by atoms with van der Waals surface area (Å²) in [5.74, 6) is 0.688. The summed E-state index contributed by atoms with van der Waals surface area (Å²) >= 11 is 0. The van der Waals surface area contributed by atoms with Gasteiger partial charge in [0.1, 0.15) is 0 Å². The third-order valence-electron chi connectivity index (χ3n) is 2.71. The standard InChI is InChI=1S/C10H13NO/c11-6-2-1-3-8-7-9-4-5-10(8)12-9/h4-5,8-10H,1-3,7H2. The molecule has 2 heteroatoms. The van der Waals surface area contributed by atoms with Crippen molar-refractivity contribution in [1.82, 2.24) is 0 Å². The molecule has 0 aromatic carbocycles. The lowest BCUT2D eigenvalue weighted by Crippen LogP contribution is -2.12. The van der Waals surface area contributed by atoms with Crippen LogP contribution < -0.4 is 0 Å². The summed E-state index contributed by atoms with van der Waals surface area (Å²) in [6.07, 6.45) is 9.14. The molecule has 1 fully saturated rings. The van der Waals surface area contributed by atoms with E-state index >= 15 is 0 Å². The Morgan fingerprint density at radius 1 is 1.50 bits per heavy atom. The first-order valence-corrected chi connectivity index (χ1v) is 4.61. The van der Waals surface area contributed by atoms with Crippen molar-refractivity contribution in [3.05, 3.63) is 12.2 Å². The van der Waals surface area contributed by atoms with Crippen molar-refractivity contribution < 1.29 is 4.74 Å². The van der Waals surface area contributed by atoms with Crippen LogP contribution in [-0.4, -0.2) is 12.2 Å². The molecule has 2 rings (SSSR count). The lowest BCUT2D eigenvalue weighted by Gasteiger charge is -2.13. The van der Waals surface area contributed by atoms with Crippen LogP contribution in [0.25, 0.3) is 0 Å².